The number of rotatable bonds is 4. The molecule has 0 saturated carbocycles. The summed E-state index contributed by atoms with van der Waals surface area (Å²) >= 11 is 2.89. The number of benzene rings is 1. The van der Waals surface area contributed by atoms with Crippen LogP contribution in [-0.2, 0) is 0 Å². The van der Waals surface area contributed by atoms with Crippen LogP contribution in [0.4, 0.5) is 16.5 Å². The minimum atomic E-state index is 0.137. The number of anilines is 1. The van der Waals surface area contributed by atoms with Crippen molar-refractivity contribution in [3.05, 3.63) is 18.2 Å². The predicted octanol–water partition coefficient (Wildman–Crippen LogP) is 3.98. The maximum atomic E-state index is 10.1. The molecule has 0 spiro atoms. The van der Waals surface area contributed by atoms with E-state index >= 15 is 0 Å². The van der Waals surface area contributed by atoms with Crippen LogP contribution in [0.25, 0.3) is 0 Å². The topological polar surface area (TPSA) is 74.0 Å². The molecule has 1 fully saturated rings. The molecular weight excluding hydrogens is 306 g/mol. The van der Waals surface area contributed by atoms with Crippen LogP contribution in [0, 0.1) is 0 Å². The van der Waals surface area contributed by atoms with E-state index in [0.717, 1.165) is 23.1 Å². The van der Waals surface area contributed by atoms with Gasteiger partial charge in [-0.05, 0) is 31.2 Å². The fourth-order valence-corrected chi connectivity index (χ4v) is 3.27. The first-order valence-corrected chi connectivity index (χ1v) is 8.67. The largest absolute Gasteiger partial charge is 0.506 e. The summed E-state index contributed by atoms with van der Waals surface area (Å²) in [5.41, 5.74) is 1.48. The van der Waals surface area contributed by atoms with Crippen molar-refractivity contribution in [2.24, 2.45) is 10.2 Å². The normalized spacial score (nSPS) is 15.2. The summed E-state index contributed by atoms with van der Waals surface area (Å²) in [5.74, 6) is 0.137. The Labute approximate surface area is 130 Å². The lowest BCUT2D eigenvalue weighted by Gasteiger charge is -2.17. The predicted molar refractivity (Wildman–Crippen MR) is 85.4 cm³/mol. The average Bonchev–Trinajstić information content (AvgIpc) is 3.17. The number of hydrogen-bond donors (Lipinski definition) is 1. The van der Waals surface area contributed by atoms with Crippen molar-refractivity contribution in [3.8, 4) is 5.75 Å². The lowest BCUT2D eigenvalue weighted by molar-refractivity contribution is 0.476. The van der Waals surface area contributed by atoms with Gasteiger partial charge in [-0.3, -0.25) is 0 Å². The molecule has 0 bridgehead atoms. The molecule has 1 aliphatic rings. The number of aromatic nitrogens is 2. The van der Waals surface area contributed by atoms with Crippen LogP contribution < -0.4 is 4.90 Å². The summed E-state index contributed by atoms with van der Waals surface area (Å²) in [6, 6.07) is 5.49. The van der Waals surface area contributed by atoms with Crippen molar-refractivity contribution >= 4 is 39.6 Å². The van der Waals surface area contributed by atoms with Crippen LogP contribution >= 0.6 is 23.1 Å². The monoisotopic (exact) mass is 321 g/mol. The second kappa shape index (κ2) is 6.40. The smallest absolute Gasteiger partial charge is 0.252 e. The van der Waals surface area contributed by atoms with Gasteiger partial charge in [0.15, 0.2) is 4.34 Å². The number of nitrogens with zero attached hydrogens (tertiary/aromatic N) is 5. The van der Waals surface area contributed by atoms with E-state index in [-0.39, 0.29) is 5.75 Å². The van der Waals surface area contributed by atoms with Crippen LogP contribution in [-0.4, -0.2) is 34.6 Å². The molecule has 0 aliphatic carbocycles. The van der Waals surface area contributed by atoms with Gasteiger partial charge in [0.2, 0.25) is 0 Å². The van der Waals surface area contributed by atoms with E-state index in [2.05, 4.69) is 25.3 Å². The van der Waals surface area contributed by atoms with Crippen LogP contribution in [0.2, 0.25) is 0 Å². The number of phenols is 1. The summed E-state index contributed by atoms with van der Waals surface area (Å²) in [6.45, 7) is 2.09. The zero-order valence-corrected chi connectivity index (χ0v) is 13.2. The van der Waals surface area contributed by atoms with Gasteiger partial charge >= 0.3 is 0 Å². The molecule has 1 aromatic carbocycles. The van der Waals surface area contributed by atoms with Gasteiger partial charge in [0.1, 0.15) is 11.4 Å². The van der Waals surface area contributed by atoms with E-state index in [1.165, 1.54) is 35.9 Å². The number of thioether (sulfide) groups is 1. The highest BCUT2D eigenvalue weighted by molar-refractivity contribution is 8.00. The van der Waals surface area contributed by atoms with Gasteiger partial charge in [-0.15, -0.1) is 20.4 Å². The molecule has 1 aliphatic heterocycles. The number of aromatic hydroxyl groups is 1. The standard InChI is InChI=1S/C13H15N5OS2/c1-20-13-17-16-12(21-13)15-14-10-5-4-9(8-11(10)19)18-6-2-3-7-18/h4-5,8,19H,2-3,6-7H2,1H3. The van der Waals surface area contributed by atoms with Crippen molar-refractivity contribution in [3.63, 3.8) is 0 Å². The Bertz CT molecular complexity index is 652. The zero-order valence-electron chi connectivity index (χ0n) is 11.6. The Balaban J connectivity index is 1.76. The maximum Gasteiger partial charge on any atom is 0.252 e. The van der Waals surface area contributed by atoms with Crippen molar-refractivity contribution in [2.45, 2.75) is 17.2 Å². The molecule has 0 atom stereocenters. The molecule has 110 valence electrons. The third kappa shape index (κ3) is 3.33. The first-order chi connectivity index (χ1) is 10.3. The summed E-state index contributed by atoms with van der Waals surface area (Å²) < 4.78 is 0.845. The van der Waals surface area contributed by atoms with E-state index in [4.69, 9.17) is 0 Å². The van der Waals surface area contributed by atoms with Gasteiger partial charge in [0.05, 0.1) is 0 Å². The minimum absolute atomic E-state index is 0.137. The Hall–Kier alpha value is -1.67. The van der Waals surface area contributed by atoms with E-state index in [9.17, 15) is 5.11 Å². The van der Waals surface area contributed by atoms with Gasteiger partial charge in [0.25, 0.3) is 5.13 Å². The number of azo groups is 1. The van der Waals surface area contributed by atoms with Gasteiger partial charge in [-0.25, -0.2) is 0 Å². The van der Waals surface area contributed by atoms with Crippen LogP contribution in [0.1, 0.15) is 12.8 Å². The Kier molecular flexibility index (Phi) is 4.35. The lowest BCUT2D eigenvalue weighted by atomic mass is 10.2. The summed E-state index contributed by atoms with van der Waals surface area (Å²) in [6.07, 6.45) is 4.35. The third-order valence-electron chi connectivity index (χ3n) is 3.24. The van der Waals surface area contributed by atoms with Crippen molar-refractivity contribution < 1.29 is 5.11 Å². The molecule has 0 radical (unpaired) electrons. The first-order valence-electron chi connectivity index (χ1n) is 6.63. The Morgan fingerprint density at radius 2 is 2.05 bits per heavy atom. The first kappa shape index (κ1) is 14.3. The fraction of sp³-hybridized carbons (Fsp3) is 0.385. The van der Waals surface area contributed by atoms with Gasteiger partial charge in [0, 0.05) is 24.8 Å². The van der Waals surface area contributed by atoms with E-state index in [1.807, 2.05) is 12.3 Å². The quantitative estimate of drug-likeness (QED) is 0.681. The SMILES string of the molecule is CSc1nnc(N=Nc2ccc(N3CCCC3)cc2O)s1. The van der Waals surface area contributed by atoms with E-state index < -0.39 is 0 Å². The highest BCUT2D eigenvalue weighted by Crippen LogP contribution is 2.34. The number of phenolic OH excluding ortho intramolecular Hbond substituents is 1. The fourth-order valence-electron chi connectivity index (χ4n) is 2.19. The van der Waals surface area contributed by atoms with Crippen molar-refractivity contribution in [1.82, 2.24) is 10.2 Å². The molecule has 1 aromatic heterocycles. The molecule has 2 aromatic rings. The highest BCUT2D eigenvalue weighted by Gasteiger charge is 2.13. The second-order valence-electron chi connectivity index (χ2n) is 4.62. The molecule has 2 heterocycles. The molecule has 0 amide bonds. The van der Waals surface area contributed by atoms with Gasteiger partial charge in [-0.2, -0.15) is 0 Å². The summed E-state index contributed by atoms with van der Waals surface area (Å²) in [5, 5.41) is 26.5. The summed E-state index contributed by atoms with van der Waals surface area (Å²) in [7, 11) is 0. The van der Waals surface area contributed by atoms with Gasteiger partial charge in [-0.1, -0.05) is 23.1 Å². The maximum absolute atomic E-state index is 10.1. The van der Waals surface area contributed by atoms with E-state index in [1.54, 1.807) is 12.1 Å². The molecule has 0 unspecified atom stereocenters. The molecule has 3 rings (SSSR count). The van der Waals surface area contributed by atoms with Crippen LogP contribution in [0.5, 0.6) is 5.75 Å². The molecular formula is C13H15N5OS2. The molecule has 21 heavy (non-hydrogen) atoms. The number of hydrogen-bond acceptors (Lipinski definition) is 8. The Morgan fingerprint density at radius 1 is 1.24 bits per heavy atom. The minimum Gasteiger partial charge on any atom is -0.506 e. The van der Waals surface area contributed by atoms with Gasteiger partial charge < -0.3 is 10.0 Å². The third-order valence-corrected chi connectivity index (χ3v) is 5.03. The molecule has 8 heteroatoms. The molecule has 1 N–H and O–H groups in total. The lowest BCUT2D eigenvalue weighted by Crippen LogP contribution is -2.17. The van der Waals surface area contributed by atoms with E-state index in [0.29, 0.717) is 10.8 Å². The zero-order chi connectivity index (χ0) is 14.7. The molecule has 1 saturated heterocycles. The molecule has 6 nitrogen and oxygen atoms in total. The summed E-state index contributed by atoms with van der Waals surface area (Å²) in [4.78, 5) is 2.26. The highest BCUT2D eigenvalue weighted by atomic mass is 32.2. The van der Waals surface area contributed by atoms with Crippen molar-refractivity contribution in [1.29, 1.82) is 0 Å². The second-order valence-corrected chi connectivity index (χ2v) is 6.63. The Morgan fingerprint density at radius 3 is 2.71 bits per heavy atom. The van der Waals surface area contributed by atoms with Crippen LogP contribution in [0.3, 0.4) is 0 Å². The van der Waals surface area contributed by atoms with Crippen molar-refractivity contribution in [2.75, 3.05) is 24.2 Å². The van der Waals surface area contributed by atoms with Crippen LogP contribution in [0.15, 0.2) is 32.8 Å². The average molecular weight is 321 g/mol.